The molecule has 0 heterocycles. The molecule has 0 fully saturated rings. The van der Waals surface area contributed by atoms with Crippen LogP contribution in [0.5, 0.6) is 0 Å². The Morgan fingerprint density at radius 3 is 2.19 bits per heavy atom. The predicted molar refractivity (Wildman–Crippen MR) is 144 cm³/mol. The second-order valence-corrected chi connectivity index (χ2v) is 10.4. The van der Waals surface area contributed by atoms with E-state index in [-0.39, 0.29) is 6.61 Å². The summed E-state index contributed by atoms with van der Waals surface area (Å²) < 4.78 is 11.0. The molecule has 5 nitrogen and oxygen atoms in total. The summed E-state index contributed by atoms with van der Waals surface area (Å²) in [5, 5.41) is 4.30. The van der Waals surface area contributed by atoms with Gasteiger partial charge < -0.3 is 9.47 Å². The van der Waals surface area contributed by atoms with Crippen LogP contribution in [0, 0.1) is 0 Å². The van der Waals surface area contributed by atoms with Gasteiger partial charge in [0.25, 0.3) is 0 Å². The Labute approximate surface area is 222 Å². The molecule has 3 aromatic carbocycles. The van der Waals surface area contributed by atoms with E-state index in [0.717, 1.165) is 22.3 Å². The number of esters is 2. The lowest BCUT2D eigenvalue weighted by atomic mass is 10.00. The third-order valence-corrected chi connectivity index (χ3v) is 5.92. The minimum Gasteiger partial charge on any atom is -0.460 e. The van der Waals surface area contributed by atoms with Crippen LogP contribution in [0.15, 0.2) is 72.8 Å². The second-order valence-electron chi connectivity index (χ2n) is 9.59. The van der Waals surface area contributed by atoms with Gasteiger partial charge in [0.15, 0.2) is 0 Å². The number of hydrogen-bond acceptors (Lipinski definition) is 5. The molecule has 2 atom stereocenters. The highest BCUT2D eigenvalue weighted by molar-refractivity contribution is 6.35. The molecule has 7 heteroatoms. The fourth-order valence-electron chi connectivity index (χ4n) is 3.57. The third kappa shape index (κ3) is 8.37. The van der Waals surface area contributed by atoms with E-state index >= 15 is 0 Å². The normalized spacial score (nSPS) is 13.1. The molecular formula is C29H31Cl2NO4. The minimum atomic E-state index is -0.753. The monoisotopic (exact) mass is 527 g/mol. The number of benzene rings is 3. The summed E-state index contributed by atoms with van der Waals surface area (Å²) in [7, 11) is 0. The average molecular weight is 528 g/mol. The molecule has 3 aromatic rings. The molecule has 0 aromatic heterocycles. The standard InChI is InChI=1S/C29H31Cl2NO4/c1-19(27(33)36-29(2,3)4)32-26(28(34)35-18-21-8-6-5-7-9-21)16-20-10-12-22(13-11-20)24-17-23(30)14-15-25(24)31/h5-15,17,19,26,32H,16,18H2,1-4H3/t19-,26?/m0/s1. The van der Waals surface area contributed by atoms with Crippen LogP contribution in [0.3, 0.4) is 0 Å². The number of rotatable bonds is 9. The van der Waals surface area contributed by atoms with Gasteiger partial charge in [0.2, 0.25) is 0 Å². The van der Waals surface area contributed by atoms with Crippen molar-refractivity contribution in [2.75, 3.05) is 0 Å². The maximum Gasteiger partial charge on any atom is 0.323 e. The Morgan fingerprint density at radius 2 is 1.56 bits per heavy atom. The fourth-order valence-corrected chi connectivity index (χ4v) is 3.97. The Bertz CT molecular complexity index is 1170. The van der Waals surface area contributed by atoms with Crippen LogP contribution in [0.4, 0.5) is 0 Å². The zero-order chi connectivity index (χ0) is 26.3. The largest absolute Gasteiger partial charge is 0.460 e. The maximum atomic E-state index is 13.1. The molecule has 1 unspecified atom stereocenters. The number of nitrogens with one attached hydrogen (secondary N) is 1. The summed E-state index contributed by atoms with van der Waals surface area (Å²) in [4.78, 5) is 25.6. The van der Waals surface area contributed by atoms with Gasteiger partial charge in [-0.05, 0) is 69.0 Å². The SMILES string of the molecule is C[C@H](NC(Cc1ccc(-c2cc(Cl)ccc2Cl)cc1)C(=O)OCc1ccccc1)C(=O)OC(C)(C)C. The van der Waals surface area contributed by atoms with Crippen molar-refractivity contribution in [3.63, 3.8) is 0 Å². The quantitative estimate of drug-likeness (QED) is 0.316. The molecule has 3 rings (SSSR count). The van der Waals surface area contributed by atoms with Gasteiger partial charge in [-0.1, -0.05) is 77.8 Å². The number of carbonyl (C=O) groups is 2. The predicted octanol–water partition coefficient (Wildman–Crippen LogP) is 6.63. The van der Waals surface area contributed by atoms with Crippen LogP contribution in [-0.2, 0) is 32.1 Å². The summed E-state index contributed by atoms with van der Waals surface area (Å²) in [5.41, 5.74) is 2.87. The minimum absolute atomic E-state index is 0.144. The number of ether oxygens (including phenoxy) is 2. The van der Waals surface area contributed by atoms with Crippen LogP contribution < -0.4 is 5.32 Å². The first-order valence-corrected chi connectivity index (χ1v) is 12.5. The first-order valence-electron chi connectivity index (χ1n) is 11.8. The average Bonchev–Trinajstić information content (AvgIpc) is 2.83. The third-order valence-electron chi connectivity index (χ3n) is 5.35. The molecule has 0 radical (unpaired) electrons. The van der Waals surface area contributed by atoms with E-state index in [4.69, 9.17) is 32.7 Å². The molecular weight excluding hydrogens is 497 g/mol. The first-order chi connectivity index (χ1) is 17.0. The zero-order valence-corrected chi connectivity index (χ0v) is 22.4. The fraction of sp³-hybridized carbons (Fsp3) is 0.310. The Kier molecular flexibility index (Phi) is 9.55. The highest BCUT2D eigenvalue weighted by Crippen LogP contribution is 2.30. The van der Waals surface area contributed by atoms with Gasteiger partial charge in [-0.15, -0.1) is 0 Å². The molecule has 0 bridgehead atoms. The Hall–Kier alpha value is -2.86. The number of halogens is 2. The molecule has 190 valence electrons. The van der Waals surface area contributed by atoms with Gasteiger partial charge in [0.05, 0.1) is 0 Å². The number of carbonyl (C=O) groups excluding carboxylic acids is 2. The topological polar surface area (TPSA) is 64.6 Å². The molecule has 36 heavy (non-hydrogen) atoms. The van der Waals surface area contributed by atoms with E-state index in [2.05, 4.69) is 5.32 Å². The van der Waals surface area contributed by atoms with Crippen LogP contribution in [0.25, 0.3) is 11.1 Å². The van der Waals surface area contributed by atoms with Crippen molar-refractivity contribution in [2.45, 2.75) is 58.4 Å². The van der Waals surface area contributed by atoms with Crippen molar-refractivity contribution >= 4 is 35.1 Å². The second kappa shape index (κ2) is 12.4. The first kappa shape index (κ1) is 27.7. The summed E-state index contributed by atoms with van der Waals surface area (Å²) in [6, 6.07) is 21.0. The molecule has 0 aliphatic heterocycles. The molecule has 0 spiro atoms. The molecule has 0 aliphatic carbocycles. The van der Waals surface area contributed by atoms with Gasteiger partial charge in [-0.3, -0.25) is 14.9 Å². The van der Waals surface area contributed by atoms with Crippen LogP contribution in [0.2, 0.25) is 10.0 Å². The summed E-state index contributed by atoms with van der Waals surface area (Å²) >= 11 is 12.5. The van der Waals surface area contributed by atoms with Crippen molar-refractivity contribution in [1.29, 1.82) is 0 Å². The van der Waals surface area contributed by atoms with Gasteiger partial charge in [-0.2, -0.15) is 0 Å². The van der Waals surface area contributed by atoms with Crippen molar-refractivity contribution in [3.8, 4) is 11.1 Å². The maximum absolute atomic E-state index is 13.1. The Morgan fingerprint density at radius 1 is 0.889 bits per heavy atom. The van der Waals surface area contributed by atoms with E-state index in [1.165, 1.54) is 0 Å². The van der Waals surface area contributed by atoms with Gasteiger partial charge in [0.1, 0.15) is 24.3 Å². The van der Waals surface area contributed by atoms with Crippen LogP contribution in [0.1, 0.15) is 38.8 Å². The molecule has 0 amide bonds. The lowest BCUT2D eigenvalue weighted by Crippen LogP contribution is -2.49. The lowest BCUT2D eigenvalue weighted by Gasteiger charge is -2.25. The lowest BCUT2D eigenvalue weighted by molar-refractivity contribution is -0.158. The molecule has 0 saturated carbocycles. The van der Waals surface area contributed by atoms with Crippen molar-refractivity contribution in [1.82, 2.24) is 5.32 Å². The van der Waals surface area contributed by atoms with E-state index < -0.39 is 29.6 Å². The molecule has 1 N–H and O–H groups in total. The van der Waals surface area contributed by atoms with Gasteiger partial charge in [0, 0.05) is 15.6 Å². The summed E-state index contributed by atoms with van der Waals surface area (Å²) in [6.45, 7) is 7.23. The van der Waals surface area contributed by atoms with E-state index in [1.54, 1.807) is 39.8 Å². The highest BCUT2D eigenvalue weighted by atomic mass is 35.5. The molecule has 0 aliphatic rings. The van der Waals surface area contributed by atoms with Gasteiger partial charge >= 0.3 is 11.9 Å². The number of hydrogen-bond donors (Lipinski definition) is 1. The zero-order valence-electron chi connectivity index (χ0n) is 20.9. The molecule has 0 saturated heterocycles. The summed E-state index contributed by atoms with van der Waals surface area (Å²) in [5.74, 6) is -0.884. The van der Waals surface area contributed by atoms with Crippen molar-refractivity contribution in [3.05, 3.63) is 94.0 Å². The Balaban J connectivity index is 1.76. The van der Waals surface area contributed by atoms with Crippen molar-refractivity contribution in [2.24, 2.45) is 0 Å². The van der Waals surface area contributed by atoms with E-state index in [1.807, 2.05) is 60.7 Å². The van der Waals surface area contributed by atoms with E-state index in [0.29, 0.717) is 16.5 Å². The highest BCUT2D eigenvalue weighted by Gasteiger charge is 2.28. The summed E-state index contributed by atoms with van der Waals surface area (Å²) in [6.07, 6.45) is 0.324. The van der Waals surface area contributed by atoms with Crippen molar-refractivity contribution < 1.29 is 19.1 Å². The van der Waals surface area contributed by atoms with Crippen LogP contribution in [-0.4, -0.2) is 29.6 Å². The van der Waals surface area contributed by atoms with E-state index in [9.17, 15) is 9.59 Å². The van der Waals surface area contributed by atoms with Crippen LogP contribution >= 0.6 is 23.2 Å². The van der Waals surface area contributed by atoms with Gasteiger partial charge in [-0.25, -0.2) is 0 Å². The smallest absolute Gasteiger partial charge is 0.323 e.